The number of fused-ring (bicyclic) bond motifs is 5. The van der Waals surface area contributed by atoms with Gasteiger partial charge in [-0.1, -0.05) is 84.0 Å². The van der Waals surface area contributed by atoms with Gasteiger partial charge in [0.05, 0.1) is 5.56 Å². The fraction of sp³-hybridized carbons (Fsp3) is 0.629. The van der Waals surface area contributed by atoms with Crippen LogP contribution in [0.25, 0.3) is 0 Å². The van der Waals surface area contributed by atoms with Crippen molar-refractivity contribution < 1.29 is 9.53 Å². The number of benzene rings is 1. The summed E-state index contributed by atoms with van der Waals surface area (Å²) in [5, 5.41) is 0. The highest BCUT2D eigenvalue weighted by atomic mass is 16.5. The molecule has 2 saturated carbocycles. The summed E-state index contributed by atoms with van der Waals surface area (Å²) in [7, 11) is 0. The molecule has 0 radical (unpaired) electrons. The van der Waals surface area contributed by atoms with Crippen LogP contribution in [0.3, 0.4) is 0 Å². The average molecular weight is 501 g/mol. The maximum atomic E-state index is 12.7. The van der Waals surface area contributed by atoms with Crippen LogP contribution in [0.1, 0.15) is 96.8 Å². The Kier molecular flexibility index (Phi) is 7.33. The zero-order valence-electron chi connectivity index (χ0n) is 24.0. The van der Waals surface area contributed by atoms with Gasteiger partial charge < -0.3 is 4.74 Å². The highest BCUT2D eigenvalue weighted by molar-refractivity contribution is 5.89. The molecule has 5 rings (SSSR count). The number of ether oxygens (including phenoxy) is 1. The monoisotopic (exact) mass is 500 g/mol. The summed E-state index contributed by atoms with van der Waals surface area (Å²) < 4.78 is 6.01. The first-order chi connectivity index (χ1) is 17.6. The first kappa shape index (κ1) is 26.5. The van der Waals surface area contributed by atoms with Gasteiger partial charge in [-0.25, -0.2) is 4.79 Å². The van der Waals surface area contributed by atoms with Gasteiger partial charge in [0.1, 0.15) is 6.10 Å². The van der Waals surface area contributed by atoms with E-state index in [1.54, 1.807) is 11.1 Å². The molecule has 0 spiro atoms. The molecule has 4 aliphatic rings. The van der Waals surface area contributed by atoms with Crippen molar-refractivity contribution in [3.8, 4) is 0 Å². The zero-order chi connectivity index (χ0) is 26.4. The molecule has 1 aromatic rings. The molecule has 0 aliphatic heterocycles. The molecule has 0 bridgehead atoms. The molecular formula is C35H48O2. The molecule has 1 aromatic carbocycles. The second kappa shape index (κ2) is 10.2. The van der Waals surface area contributed by atoms with E-state index in [0.29, 0.717) is 51.9 Å². The molecule has 2 nitrogen and oxygen atoms in total. The van der Waals surface area contributed by atoms with Gasteiger partial charge in [0.2, 0.25) is 0 Å². The Morgan fingerprint density at radius 1 is 0.973 bits per heavy atom. The maximum absolute atomic E-state index is 12.7. The smallest absolute Gasteiger partial charge is 0.338 e. The van der Waals surface area contributed by atoms with Crippen LogP contribution < -0.4 is 0 Å². The van der Waals surface area contributed by atoms with Gasteiger partial charge >= 0.3 is 5.97 Å². The number of carbonyl (C=O) groups excluding carboxylic acids is 1. The van der Waals surface area contributed by atoms with Crippen molar-refractivity contribution in [1.29, 1.82) is 0 Å². The first-order valence-electron chi connectivity index (χ1n) is 15.0. The normalized spacial score (nSPS) is 36.7. The summed E-state index contributed by atoms with van der Waals surface area (Å²) in [6.07, 6.45) is 18.4. The van der Waals surface area contributed by atoms with Crippen LogP contribution in [0, 0.1) is 46.3 Å². The summed E-state index contributed by atoms with van der Waals surface area (Å²) in [6, 6.07) is 9.47. The molecule has 0 unspecified atom stereocenters. The molecule has 200 valence electrons. The Morgan fingerprint density at radius 2 is 1.73 bits per heavy atom. The van der Waals surface area contributed by atoms with Crippen LogP contribution in [0.4, 0.5) is 0 Å². The molecule has 0 N–H and O–H groups in total. The molecular weight excluding hydrogens is 452 g/mol. The predicted octanol–water partition coefficient (Wildman–Crippen LogP) is 9.20. The van der Waals surface area contributed by atoms with E-state index in [0.717, 1.165) is 25.7 Å². The highest BCUT2D eigenvalue weighted by Crippen LogP contribution is 2.65. The van der Waals surface area contributed by atoms with Gasteiger partial charge in [-0.3, -0.25) is 0 Å². The third kappa shape index (κ3) is 4.79. The van der Waals surface area contributed by atoms with Gasteiger partial charge in [-0.2, -0.15) is 0 Å². The van der Waals surface area contributed by atoms with Gasteiger partial charge in [0.25, 0.3) is 0 Å². The van der Waals surface area contributed by atoms with E-state index in [2.05, 4.69) is 65.8 Å². The number of allylic oxidation sites excluding steroid dienone is 6. The second-order valence-corrected chi connectivity index (χ2v) is 13.6. The SMILES string of the molecule is CC(C)[C@@H](C)/C=C/[C@@H](C)[C@@H]1CC=C2C3=CC[C@H]4C[C@H](OC(=O)c5ccccc5)CC[C@]4(C)[C@@H]3CC[C@@]21C. The predicted molar refractivity (Wildman–Crippen MR) is 153 cm³/mol. The molecule has 0 heterocycles. The molecule has 37 heavy (non-hydrogen) atoms. The Bertz CT molecular complexity index is 1080. The van der Waals surface area contributed by atoms with E-state index in [-0.39, 0.29) is 12.1 Å². The molecule has 8 atom stereocenters. The van der Waals surface area contributed by atoms with Crippen LogP contribution in [-0.4, -0.2) is 12.1 Å². The molecule has 0 saturated heterocycles. The number of carbonyl (C=O) groups is 1. The van der Waals surface area contributed by atoms with Gasteiger partial charge in [0, 0.05) is 0 Å². The average Bonchev–Trinajstić information content (AvgIpc) is 3.25. The summed E-state index contributed by atoms with van der Waals surface area (Å²) in [6.45, 7) is 14.6. The van der Waals surface area contributed by atoms with Gasteiger partial charge in [0.15, 0.2) is 0 Å². The molecule has 4 aliphatic carbocycles. The fourth-order valence-electron chi connectivity index (χ4n) is 8.31. The number of hydrogen-bond donors (Lipinski definition) is 0. The Balaban J connectivity index is 1.29. The minimum Gasteiger partial charge on any atom is -0.459 e. The lowest BCUT2D eigenvalue weighted by atomic mass is 9.48. The summed E-state index contributed by atoms with van der Waals surface area (Å²) in [5.41, 5.74) is 4.65. The van der Waals surface area contributed by atoms with Crippen molar-refractivity contribution in [2.75, 3.05) is 0 Å². The third-order valence-electron chi connectivity index (χ3n) is 11.2. The Morgan fingerprint density at radius 3 is 2.46 bits per heavy atom. The topological polar surface area (TPSA) is 26.3 Å². The van der Waals surface area contributed by atoms with E-state index >= 15 is 0 Å². The van der Waals surface area contributed by atoms with Gasteiger partial charge in [-0.05, 0) is 115 Å². The standard InChI is InChI=1S/C35H48O2/c1-23(2)24(3)12-13-25(4)30-16-17-31-29-15-14-27-22-28(37-33(36)26-10-8-7-9-11-26)18-20-34(27,5)32(29)19-21-35(30,31)6/h7-13,15,17,23-25,27-28,30,32H,14,16,18-22H2,1-6H3/b13-12+/t24-,25+,27-,28+,30-,32+,34-,35+/m0/s1. The molecule has 0 amide bonds. The lowest BCUT2D eigenvalue weighted by molar-refractivity contribution is -0.0405. The number of esters is 1. The van der Waals surface area contributed by atoms with E-state index in [9.17, 15) is 4.79 Å². The van der Waals surface area contributed by atoms with Crippen LogP contribution >= 0.6 is 0 Å². The molecule has 2 fully saturated rings. The van der Waals surface area contributed by atoms with Crippen LogP contribution in [0.5, 0.6) is 0 Å². The molecule has 0 aromatic heterocycles. The van der Waals surface area contributed by atoms with Crippen LogP contribution in [0.15, 0.2) is 65.8 Å². The van der Waals surface area contributed by atoms with Crippen LogP contribution in [0.2, 0.25) is 0 Å². The van der Waals surface area contributed by atoms with E-state index in [1.807, 2.05) is 30.3 Å². The summed E-state index contributed by atoms with van der Waals surface area (Å²) in [4.78, 5) is 12.7. The first-order valence-corrected chi connectivity index (χ1v) is 15.0. The van der Waals surface area contributed by atoms with Crippen molar-refractivity contribution in [1.82, 2.24) is 0 Å². The van der Waals surface area contributed by atoms with Crippen molar-refractivity contribution >= 4 is 5.97 Å². The van der Waals surface area contributed by atoms with E-state index in [1.165, 1.54) is 19.3 Å². The van der Waals surface area contributed by atoms with Crippen LogP contribution in [-0.2, 0) is 4.74 Å². The lowest BCUT2D eigenvalue weighted by Crippen LogP contribution is -2.48. The fourth-order valence-corrected chi connectivity index (χ4v) is 8.31. The van der Waals surface area contributed by atoms with Crippen molar-refractivity contribution in [3.05, 3.63) is 71.3 Å². The lowest BCUT2D eigenvalue weighted by Gasteiger charge is -2.56. The van der Waals surface area contributed by atoms with E-state index in [4.69, 9.17) is 4.74 Å². The van der Waals surface area contributed by atoms with Crippen molar-refractivity contribution in [2.24, 2.45) is 46.3 Å². The highest BCUT2D eigenvalue weighted by Gasteiger charge is 2.55. The molecule has 2 heteroatoms. The van der Waals surface area contributed by atoms with Gasteiger partial charge in [-0.15, -0.1) is 0 Å². The summed E-state index contributed by atoms with van der Waals surface area (Å²) >= 11 is 0. The number of rotatable bonds is 6. The Labute approximate surface area is 225 Å². The van der Waals surface area contributed by atoms with Crippen molar-refractivity contribution in [3.63, 3.8) is 0 Å². The number of hydrogen-bond acceptors (Lipinski definition) is 2. The van der Waals surface area contributed by atoms with Crippen molar-refractivity contribution in [2.45, 2.75) is 92.6 Å². The maximum Gasteiger partial charge on any atom is 0.338 e. The quantitative estimate of drug-likeness (QED) is 0.287. The minimum absolute atomic E-state index is 0.0468. The third-order valence-corrected chi connectivity index (χ3v) is 11.2. The Hall–Kier alpha value is -2.09. The van der Waals surface area contributed by atoms with E-state index < -0.39 is 0 Å². The zero-order valence-corrected chi connectivity index (χ0v) is 24.0. The minimum atomic E-state index is -0.164. The largest absolute Gasteiger partial charge is 0.459 e. The second-order valence-electron chi connectivity index (χ2n) is 13.6. The summed E-state index contributed by atoms with van der Waals surface area (Å²) in [5.74, 6) is 3.75.